The monoisotopic (exact) mass is 606 g/mol. The van der Waals surface area contributed by atoms with Crippen molar-refractivity contribution in [3.8, 4) is 17.2 Å². The Kier molecular flexibility index (Phi) is 9.03. The number of benzene rings is 2. The fraction of sp³-hybridized carbons (Fsp3) is 0.515. The molecule has 0 radical (unpaired) electrons. The van der Waals surface area contributed by atoms with Gasteiger partial charge in [0.2, 0.25) is 0 Å². The lowest BCUT2D eigenvalue weighted by atomic mass is 9.81. The maximum absolute atomic E-state index is 12.5. The fourth-order valence-corrected chi connectivity index (χ4v) is 6.24. The highest BCUT2D eigenvalue weighted by atomic mass is 16.5. The largest absolute Gasteiger partial charge is 0.493 e. The van der Waals surface area contributed by atoms with Crippen molar-refractivity contribution in [2.24, 2.45) is 0 Å². The van der Waals surface area contributed by atoms with E-state index in [1.54, 1.807) is 18.2 Å². The van der Waals surface area contributed by atoms with E-state index < -0.39 is 23.1 Å². The van der Waals surface area contributed by atoms with Gasteiger partial charge in [0.05, 0.1) is 19.3 Å². The zero-order chi connectivity index (χ0) is 31.5. The number of carbonyl (C=O) groups excluding carboxylic acids is 4. The molecule has 4 heterocycles. The molecule has 2 saturated heterocycles. The minimum Gasteiger partial charge on any atom is -0.493 e. The van der Waals surface area contributed by atoms with Gasteiger partial charge in [-0.3, -0.25) is 20.2 Å². The molecule has 0 aliphatic carbocycles. The summed E-state index contributed by atoms with van der Waals surface area (Å²) in [6.07, 6.45) is 7.29. The van der Waals surface area contributed by atoms with Gasteiger partial charge in [-0.15, -0.1) is 0 Å². The van der Waals surface area contributed by atoms with Crippen molar-refractivity contribution in [2.45, 2.75) is 96.2 Å². The Hall–Kier alpha value is -4.28. The molecule has 11 nitrogen and oxygen atoms in total. The molecule has 2 aromatic rings. The summed E-state index contributed by atoms with van der Waals surface area (Å²) in [4.78, 5) is 47.8. The lowest BCUT2D eigenvalue weighted by Gasteiger charge is -2.34. The molecule has 6 rings (SSSR count). The number of amides is 6. The van der Waals surface area contributed by atoms with E-state index >= 15 is 0 Å². The van der Waals surface area contributed by atoms with E-state index in [0.717, 1.165) is 55.4 Å². The van der Waals surface area contributed by atoms with Crippen molar-refractivity contribution in [1.29, 1.82) is 0 Å². The van der Waals surface area contributed by atoms with Crippen LogP contribution in [0.15, 0.2) is 30.3 Å². The topological polar surface area (TPSA) is 144 Å². The predicted octanol–water partition coefficient (Wildman–Crippen LogP) is 4.48. The molecule has 2 aromatic carbocycles. The van der Waals surface area contributed by atoms with Crippen molar-refractivity contribution in [1.82, 2.24) is 21.3 Å². The van der Waals surface area contributed by atoms with E-state index in [4.69, 9.17) is 14.2 Å². The van der Waals surface area contributed by atoms with E-state index in [0.29, 0.717) is 43.1 Å². The van der Waals surface area contributed by atoms with Crippen molar-refractivity contribution in [2.75, 3.05) is 13.2 Å². The molecule has 2 spiro atoms. The Morgan fingerprint density at radius 1 is 0.795 bits per heavy atom. The van der Waals surface area contributed by atoms with Gasteiger partial charge in [0.1, 0.15) is 17.2 Å². The first-order chi connectivity index (χ1) is 21.1. The Morgan fingerprint density at radius 2 is 1.41 bits per heavy atom. The number of imide groups is 2. The maximum Gasteiger partial charge on any atom is 0.322 e. The highest BCUT2D eigenvalue weighted by Gasteiger charge is 2.52. The van der Waals surface area contributed by atoms with E-state index in [1.807, 2.05) is 13.8 Å². The third-order valence-electron chi connectivity index (χ3n) is 8.43. The van der Waals surface area contributed by atoms with Crippen LogP contribution in [0.1, 0.15) is 88.5 Å². The van der Waals surface area contributed by atoms with Crippen LogP contribution in [-0.4, -0.2) is 43.2 Å². The molecule has 2 unspecified atom stereocenters. The number of fused-ring (bicyclic) bond motifs is 4. The van der Waals surface area contributed by atoms with Crippen LogP contribution in [-0.2, 0) is 33.5 Å². The summed E-state index contributed by atoms with van der Waals surface area (Å²) in [5.41, 5.74) is 1.91. The number of ether oxygens (including phenoxy) is 3. The number of hydrogen-bond acceptors (Lipinski definition) is 7. The Labute approximate surface area is 257 Å². The van der Waals surface area contributed by atoms with Crippen LogP contribution in [0.25, 0.3) is 0 Å². The van der Waals surface area contributed by atoms with Gasteiger partial charge in [-0.25, -0.2) is 9.59 Å². The summed E-state index contributed by atoms with van der Waals surface area (Å²) in [7, 11) is 0. The first kappa shape index (κ1) is 31.2. The second-order valence-corrected chi connectivity index (χ2v) is 12.0. The van der Waals surface area contributed by atoms with E-state index in [2.05, 4.69) is 47.2 Å². The van der Waals surface area contributed by atoms with E-state index in [9.17, 15) is 19.2 Å². The zero-order valence-corrected chi connectivity index (χ0v) is 25.9. The van der Waals surface area contributed by atoms with Crippen molar-refractivity contribution in [3.05, 3.63) is 52.6 Å². The molecule has 4 aliphatic heterocycles. The highest BCUT2D eigenvalue weighted by molar-refractivity contribution is 6.08. The Bertz CT molecular complexity index is 1460. The molecule has 0 bridgehead atoms. The molecular weight excluding hydrogens is 564 g/mol. The molecule has 0 saturated carbocycles. The Morgan fingerprint density at radius 3 is 2.00 bits per heavy atom. The van der Waals surface area contributed by atoms with Crippen LogP contribution in [0.3, 0.4) is 0 Å². The maximum atomic E-state index is 12.5. The predicted molar refractivity (Wildman–Crippen MR) is 163 cm³/mol. The number of hydrogen-bond donors (Lipinski definition) is 4. The fourth-order valence-electron chi connectivity index (χ4n) is 6.24. The second kappa shape index (κ2) is 12.8. The molecule has 6 amide bonds. The number of unbranched alkanes of at least 4 members (excludes halogenated alkanes) is 2. The van der Waals surface area contributed by atoms with Gasteiger partial charge in [-0.2, -0.15) is 0 Å². The first-order valence-electron chi connectivity index (χ1n) is 15.6. The van der Waals surface area contributed by atoms with Gasteiger partial charge in [0.25, 0.3) is 11.8 Å². The molecule has 11 heteroatoms. The van der Waals surface area contributed by atoms with Crippen molar-refractivity contribution >= 4 is 23.9 Å². The molecular formula is C33H42N4O7. The summed E-state index contributed by atoms with van der Waals surface area (Å²) in [5, 5.41) is 10.3. The third kappa shape index (κ3) is 5.92. The molecule has 4 aliphatic rings. The SMILES string of the molecule is CC(C)Oc1ccc2c(c1)OCCC21NC(=O)NC1=O.CCCCc1cc(CCCC)c2c(c1)C1(CCO2)NC(=O)NC1=O. The van der Waals surface area contributed by atoms with E-state index in [-0.39, 0.29) is 17.9 Å². The van der Waals surface area contributed by atoms with Gasteiger partial charge in [0, 0.05) is 30.0 Å². The van der Waals surface area contributed by atoms with Crippen LogP contribution >= 0.6 is 0 Å². The summed E-state index contributed by atoms with van der Waals surface area (Å²) < 4.78 is 17.2. The summed E-state index contributed by atoms with van der Waals surface area (Å²) in [6.45, 7) is 9.02. The lowest BCUT2D eigenvalue weighted by Crippen LogP contribution is -2.47. The summed E-state index contributed by atoms with van der Waals surface area (Å²) in [5.74, 6) is 1.47. The molecule has 2 fully saturated rings. The van der Waals surface area contributed by atoms with Gasteiger partial charge in [0.15, 0.2) is 11.1 Å². The van der Waals surface area contributed by atoms with Gasteiger partial charge in [-0.05, 0) is 68.9 Å². The van der Waals surface area contributed by atoms with Crippen molar-refractivity contribution < 1.29 is 33.4 Å². The van der Waals surface area contributed by atoms with Crippen LogP contribution in [0.2, 0.25) is 0 Å². The smallest absolute Gasteiger partial charge is 0.322 e. The number of rotatable bonds is 8. The average molecular weight is 607 g/mol. The van der Waals surface area contributed by atoms with E-state index in [1.165, 1.54) is 5.56 Å². The van der Waals surface area contributed by atoms with Gasteiger partial charge in [-0.1, -0.05) is 32.8 Å². The molecule has 0 aromatic heterocycles. The van der Waals surface area contributed by atoms with Crippen LogP contribution in [0.4, 0.5) is 9.59 Å². The van der Waals surface area contributed by atoms with Crippen LogP contribution in [0.5, 0.6) is 17.2 Å². The number of carbonyl (C=O) groups is 4. The summed E-state index contributed by atoms with van der Waals surface area (Å²) >= 11 is 0. The third-order valence-corrected chi connectivity index (χ3v) is 8.43. The van der Waals surface area contributed by atoms with Crippen LogP contribution < -0.4 is 35.5 Å². The molecule has 44 heavy (non-hydrogen) atoms. The minimum absolute atomic E-state index is 0.0556. The number of aryl methyl sites for hydroxylation is 2. The normalized spacial score (nSPS) is 23.0. The molecule has 236 valence electrons. The average Bonchev–Trinajstić information content (AvgIpc) is 3.43. The highest BCUT2D eigenvalue weighted by Crippen LogP contribution is 2.43. The number of nitrogens with one attached hydrogen (secondary N) is 4. The number of urea groups is 2. The van der Waals surface area contributed by atoms with Crippen LogP contribution in [0, 0.1) is 0 Å². The zero-order valence-electron chi connectivity index (χ0n) is 25.9. The quantitative estimate of drug-likeness (QED) is 0.325. The van der Waals surface area contributed by atoms with Gasteiger partial charge < -0.3 is 24.8 Å². The standard InChI is InChI=1S/C19H26N2O3.C14H16N2O4/c1-3-5-7-13-11-14(8-6-4-2)16-15(12-13)19(9-10-24-16)17(22)20-18(23)21-19;1-8(2)20-9-3-4-10-11(7-9)19-6-5-14(10)12(17)15-13(18)16-14/h11-12H,3-10H2,1-2H3,(H2,20,21,22,23);3-4,7-8H,5-6H2,1-2H3,(H2,15,16,17,18). The minimum atomic E-state index is -1.01. The van der Waals surface area contributed by atoms with Crippen molar-refractivity contribution in [3.63, 3.8) is 0 Å². The first-order valence-corrected chi connectivity index (χ1v) is 15.6. The summed E-state index contributed by atoms with van der Waals surface area (Å²) in [6, 6.07) is 8.72. The van der Waals surface area contributed by atoms with Gasteiger partial charge >= 0.3 is 12.1 Å². The molecule has 2 atom stereocenters. The molecule has 4 N–H and O–H groups in total. The second-order valence-electron chi connectivity index (χ2n) is 12.0. The lowest BCUT2D eigenvalue weighted by molar-refractivity contribution is -0.126. The Balaban J connectivity index is 0.000000177.